The molecule has 2 aromatic rings. The number of rotatable bonds is 7. The van der Waals surface area contributed by atoms with Crippen LogP contribution in [-0.4, -0.2) is 51.1 Å². The van der Waals surface area contributed by atoms with Crippen LogP contribution < -0.4 is 0 Å². The molecule has 0 bridgehead atoms. The zero-order valence-electron chi connectivity index (χ0n) is 15.3. The zero-order chi connectivity index (χ0) is 17.4. The summed E-state index contributed by atoms with van der Waals surface area (Å²) in [6.45, 7) is 7.03. The van der Waals surface area contributed by atoms with Gasteiger partial charge < -0.3 is 8.94 Å². The average molecular weight is 345 g/mol. The lowest BCUT2D eigenvalue weighted by atomic mass is 10.2. The third-order valence-corrected chi connectivity index (χ3v) is 5.46. The second-order valence-electron chi connectivity index (χ2n) is 7.37. The summed E-state index contributed by atoms with van der Waals surface area (Å²) < 4.78 is 11.2. The van der Waals surface area contributed by atoms with Crippen LogP contribution in [-0.2, 0) is 13.0 Å². The van der Waals surface area contributed by atoms with Crippen molar-refractivity contribution in [2.24, 2.45) is 0 Å². The molecule has 136 valence electrons. The molecule has 0 radical (unpaired) electrons. The SMILES string of the molecule is CCc1cnc(CN(C)C2CCN(C(C)c3nc(C4CC4)no3)C2)o1. The summed E-state index contributed by atoms with van der Waals surface area (Å²) in [4.78, 5) is 13.7. The summed E-state index contributed by atoms with van der Waals surface area (Å²) in [5.74, 6) is 3.94. The van der Waals surface area contributed by atoms with Crippen molar-refractivity contribution < 1.29 is 8.94 Å². The van der Waals surface area contributed by atoms with Crippen molar-refractivity contribution in [1.82, 2.24) is 24.9 Å². The summed E-state index contributed by atoms with van der Waals surface area (Å²) in [7, 11) is 2.15. The first kappa shape index (κ1) is 16.7. The smallest absolute Gasteiger partial charge is 0.243 e. The van der Waals surface area contributed by atoms with Gasteiger partial charge in [-0.15, -0.1) is 0 Å². The maximum atomic E-state index is 5.74. The van der Waals surface area contributed by atoms with Crippen molar-refractivity contribution in [1.29, 1.82) is 0 Å². The Morgan fingerprint density at radius 2 is 2.20 bits per heavy atom. The first-order chi connectivity index (χ1) is 12.1. The minimum Gasteiger partial charge on any atom is -0.444 e. The molecule has 1 saturated heterocycles. The highest BCUT2D eigenvalue weighted by molar-refractivity contribution is 5.05. The Morgan fingerprint density at radius 1 is 1.36 bits per heavy atom. The first-order valence-electron chi connectivity index (χ1n) is 9.35. The minimum absolute atomic E-state index is 0.173. The van der Waals surface area contributed by atoms with Gasteiger partial charge >= 0.3 is 0 Å². The molecule has 7 nitrogen and oxygen atoms in total. The monoisotopic (exact) mass is 345 g/mol. The summed E-state index contributed by atoms with van der Waals surface area (Å²) in [5, 5.41) is 4.15. The van der Waals surface area contributed by atoms with E-state index in [-0.39, 0.29) is 6.04 Å². The van der Waals surface area contributed by atoms with Crippen molar-refractivity contribution in [3.63, 3.8) is 0 Å². The van der Waals surface area contributed by atoms with E-state index in [9.17, 15) is 0 Å². The normalized spacial score (nSPS) is 22.8. The van der Waals surface area contributed by atoms with E-state index in [1.807, 2.05) is 6.20 Å². The molecule has 2 aliphatic rings. The van der Waals surface area contributed by atoms with Gasteiger partial charge in [-0.3, -0.25) is 9.80 Å². The van der Waals surface area contributed by atoms with Crippen LogP contribution in [0.3, 0.4) is 0 Å². The van der Waals surface area contributed by atoms with Crippen LogP contribution in [0.4, 0.5) is 0 Å². The summed E-state index contributed by atoms with van der Waals surface area (Å²) >= 11 is 0. The van der Waals surface area contributed by atoms with Gasteiger partial charge in [0.1, 0.15) is 5.76 Å². The van der Waals surface area contributed by atoms with Gasteiger partial charge in [0.05, 0.1) is 18.8 Å². The van der Waals surface area contributed by atoms with Crippen molar-refractivity contribution >= 4 is 0 Å². The Balaban J connectivity index is 1.33. The van der Waals surface area contributed by atoms with Crippen LogP contribution in [0.5, 0.6) is 0 Å². The maximum absolute atomic E-state index is 5.74. The van der Waals surface area contributed by atoms with Crippen LogP contribution in [0, 0.1) is 0 Å². The average Bonchev–Trinajstić information content (AvgIpc) is 3.07. The van der Waals surface area contributed by atoms with Gasteiger partial charge in [0.25, 0.3) is 0 Å². The zero-order valence-corrected chi connectivity index (χ0v) is 15.3. The quantitative estimate of drug-likeness (QED) is 0.764. The van der Waals surface area contributed by atoms with Gasteiger partial charge in [0, 0.05) is 31.5 Å². The summed E-state index contributed by atoms with van der Waals surface area (Å²) in [6, 6.07) is 0.664. The lowest BCUT2D eigenvalue weighted by Crippen LogP contribution is -2.35. The number of oxazole rings is 1. The Bertz CT molecular complexity index is 708. The molecule has 2 atom stereocenters. The fourth-order valence-electron chi connectivity index (χ4n) is 3.49. The predicted molar refractivity (Wildman–Crippen MR) is 92.0 cm³/mol. The molecule has 3 heterocycles. The Hall–Kier alpha value is -1.73. The largest absolute Gasteiger partial charge is 0.444 e. The Morgan fingerprint density at radius 3 is 2.92 bits per heavy atom. The molecule has 0 N–H and O–H groups in total. The molecule has 2 unspecified atom stereocenters. The van der Waals surface area contributed by atoms with Gasteiger partial charge in [-0.2, -0.15) is 4.98 Å². The molecule has 1 saturated carbocycles. The molecule has 0 aromatic carbocycles. The topological polar surface area (TPSA) is 71.4 Å². The first-order valence-corrected chi connectivity index (χ1v) is 9.35. The molecule has 0 spiro atoms. The van der Waals surface area contributed by atoms with Crippen molar-refractivity contribution in [3.8, 4) is 0 Å². The summed E-state index contributed by atoms with van der Waals surface area (Å²) in [6.07, 6.45) is 6.25. The maximum Gasteiger partial charge on any atom is 0.243 e. The highest BCUT2D eigenvalue weighted by Gasteiger charge is 2.34. The third-order valence-electron chi connectivity index (χ3n) is 5.46. The Kier molecular flexibility index (Phi) is 4.60. The van der Waals surface area contributed by atoms with E-state index in [0.717, 1.165) is 55.8 Å². The fourth-order valence-corrected chi connectivity index (χ4v) is 3.49. The fraction of sp³-hybridized carbons (Fsp3) is 0.722. The second kappa shape index (κ2) is 6.88. The van der Waals surface area contributed by atoms with E-state index in [0.29, 0.717) is 12.0 Å². The number of likely N-dealkylation sites (tertiary alicyclic amines) is 1. The van der Waals surface area contributed by atoms with E-state index >= 15 is 0 Å². The van der Waals surface area contributed by atoms with Gasteiger partial charge in [-0.25, -0.2) is 4.98 Å². The highest BCUT2D eigenvalue weighted by Crippen LogP contribution is 2.38. The molecule has 7 heteroatoms. The number of aryl methyl sites for hydroxylation is 1. The van der Waals surface area contributed by atoms with Crippen LogP contribution >= 0.6 is 0 Å². The molecule has 1 aliphatic carbocycles. The number of aromatic nitrogens is 3. The van der Waals surface area contributed by atoms with E-state index in [4.69, 9.17) is 8.94 Å². The van der Waals surface area contributed by atoms with Crippen molar-refractivity contribution in [3.05, 3.63) is 29.6 Å². The number of nitrogens with zero attached hydrogens (tertiary/aromatic N) is 5. The minimum atomic E-state index is 0.173. The van der Waals surface area contributed by atoms with E-state index in [2.05, 4.69) is 45.8 Å². The number of likely N-dealkylation sites (N-methyl/N-ethyl adjacent to an activating group) is 1. The molecule has 2 fully saturated rings. The van der Waals surface area contributed by atoms with Gasteiger partial charge in [-0.1, -0.05) is 12.1 Å². The summed E-state index contributed by atoms with van der Waals surface area (Å²) in [5.41, 5.74) is 0. The molecule has 1 aliphatic heterocycles. The van der Waals surface area contributed by atoms with Crippen LogP contribution in [0.2, 0.25) is 0 Å². The third kappa shape index (κ3) is 3.62. The van der Waals surface area contributed by atoms with E-state index in [1.165, 1.54) is 12.8 Å². The Labute approximate surface area is 148 Å². The second-order valence-corrected chi connectivity index (χ2v) is 7.37. The molecular weight excluding hydrogens is 318 g/mol. The lowest BCUT2D eigenvalue weighted by Gasteiger charge is -2.25. The molecule has 4 rings (SSSR count). The van der Waals surface area contributed by atoms with Crippen molar-refractivity contribution in [2.45, 2.75) is 64.1 Å². The van der Waals surface area contributed by atoms with E-state index < -0.39 is 0 Å². The lowest BCUT2D eigenvalue weighted by molar-refractivity contribution is 0.172. The number of hydrogen-bond donors (Lipinski definition) is 0. The molecule has 0 amide bonds. The van der Waals surface area contributed by atoms with Crippen molar-refractivity contribution in [2.75, 3.05) is 20.1 Å². The van der Waals surface area contributed by atoms with Crippen LogP contribution in [0.1, 0.15) is 68.4 Å². The predicted octanol–water partition coefficient (Wildman–Crippen LogP) is 2.76. The molecule has 25 heavy (non-hydrogen) atoms. The van der Waals surface area contributed by atoms with Gasteiger partial charge in [0.2, 0.25) is 11.8 Å². The van der Waals surface area contributed by atoms with E-state index in [1.54, 1.807) is 0 Å². The number of hydrogen-bond acceptors (Lipinski definition) is 7. The molecule has 2 aromatic heterocycles. The standard InChI is InChI=1S/C18H27N5O2/c1-4-15-9-19-16(24-15)11-22(3)14-7-8-23(10-14)12(2)18-20-17(21-25-18)13-5-6-13/h9,12-14H,4-8,10-11H2,1-3H3. The molecular formula is C18H27N5O2. The van der Waals surface area contributed by atoms with Gasteiger partial charge in [-0.05, 0) is 33.2 Å². The van der Waals surface area contributed by atoms with Crippen LogP contribution in [0.25, 0.3) is 0 Å². The van der Waals surface area contributed by atoms with Gasteiger partial charge in [0.15, 0.2) is 5.82 Å². The van der Waals surface area contributed by atoms with Crippen LogP contribution in [0.15, 0.2) is 15.1 Å². The highest BCUT2D eigenvalue weighted by atomic mass is 16.5.